The SMILES string of the molecule is CC(=O)Nc1ccc(NC(=O)c2ccc(-c3nnc(C)o3)cc2)cc1. The molecule has 126 valence electrons. The summed E-state index contributed by atoms with van der Waals surface area (Å²) in [5, 5.41) is 13.2. The molecule has 0 unspecified atom stereocenters. The number of anilines is 2. The van der Waals surface area contributed by atoms with Crippen LogP contribution in [0.1, 0.15) is 23.2 Å². The van der Waals surface area contributed by atoms with Crippen LogP contribution in [0.5, 0.6) is 0 Å². The van der Waals surface area contributed by atoms with Crippen LogP contribution in [0.2, 0.25) is 0 Å². The molecule has 0 atom stereocenters. The Morgan fingerprint density at radius 3 is 2.00 bits per heavy atom. The van der Waals surface area contributed by atoms with Crippen molar-refractivity contribution in [1.29, 1.82) is 0 Å². The van der Waals surface area contributed by atoms with E-state index in [1.165, 1.54) is 6.92 Å². The lowest BCUT2D eigenvalue weighted by Gasteiger charge is -2.07. The van der Waals surface area contributed by atoms with Crippen molar-refractivity contribution >= 4 is 23.2 Å². The second-order valence-corrected chi connectivity index (χ2v) is 5.42. The van der Waals surface area contributed by atoms with Gasteiger partial charge in [-0.3, -0.25) is 9.59 Å². The summed E-state index contributed by atoms with van der Waals surface area (Å²) in [6.45, 7) is 3.16. The third-order valence-electron chi connectivity index (χ3n) is 3.38. The summed E-state index contributed by atoms with van der Waals surface area (Å²) in [5.41, 5.74) is 2.56. The van der Waals surface area contributed by atoms with Crippen LogP contribution in [0.4, 0.5) is 11.4 Å². The number of hydrogen-bond acceptors (Lipinski definition) is 5. The summed E-state index contributed by atoms with van der Waals surface area (Å²) in [5.74, 6) is 0.520. The molecule has 7 nitrogen and oxygen atoms in total. The largest absolute Gasteiger partial charge is 0.421 e. The number of rotatable bonds is 4. The van der Waals surface area contributed by atoms with Crippen molar-refractivity contribution < 1.29 is 14.0 Å². The van der Waals surface area contributed by atoms with Crippen molar-refractivity contribution in [2.75, 3.05) is 10.6 Å². The predicted octanol–water partition coefficient (Wildman–Crippen LogP) is 3.26. The van der Waals surface area contributed by atoms with Gasteiger partial charge < -0.3 is 15.1 Å². The van der Waals surface area contributed by atoms with Gasteiger partial charge in [0, 0.05) is 36.3 Å². The zero-order valence-electron chi connectivity index (χ0n) is 13.7. The first kappa shape index (κ1) is 16.4. The highest BCUT2D eigenvalue weighted by atomic mass is 16.4. The van der Waals surface area contributed by atoms with Crippen molar-refractivity contribution in [3.8, 4) is 11.5 Å². The van der Waals surface area contributed by atoms with E-state index in [4.69, 9.17) is 4.42 Å². The molecule has 2 amide bonds. The molecule has 3 rings (SSSR count). The number of nitrogens with one attached hydrogen (secondary N) is 2. The quantitative estimate of drug-likeness (QED) is 0.762. The number of benzene rings is 2. The Morgan fingerprint density at radius 1 is 0.880 bits per heavy atom. The third-order valence-corrected chi connectivity index (χ3v) is 3.38. The number of amides is 2. The molecule has 0 saturated carbocycles. The number of nitrogens with zero attached hydrogens (tertiary/aromatic N) is 2. The molecule has 0 bridgehead atoms. The first-order valence-corrected chi connectivity index (χ1v) is 7.61. The average Bonchev–Trinajstić information content (AvgIpc) is 3.03. The van der Waals surface area contributed by atoms with E-state index >= 15 is 0 Å². The minimum Gasteiger partial charge on any atom is -0.421 e. The van der Waals surface area contributed by atoms with Gasteiger partial charge in [-0.25, -0.2) is 0 Å². The molecule has 0 radical (unpaired) electrons. The lowest BCUT2D eigenvalue weighted by molar-refractivity contribution is -0.114. The van der Waals surface area contributed by atoms with Crippen LogP contribution in [0.15, 0.2) is 52.9 Å². The fraction of sp³-hybridized carbons (Fsp3) is 0.111. The molecule has 3 aromatic rings. The molecule has 25 heavy (non-hydrogen) atoms. The van der Waals surface area contributed by atoms with Gasteiger partial charge in [-0.05, 0) is 48.5 Å². The lowest BCUT2D eigenvalue weighted by atomic mass is 10.1. The van der Waals surface area contributed by atoms with E-state index in [9.17, 15) is 9.59 Å². The van der Waals surface area contributed by atoms with Crippen molar-refractivity contribution in [3.63, 3.8) is 0 Å². The summed E-state index contributed by atoms with van der Waals surface area (Å²) < 4.78 is 5.35. The van der Waals surface area contributed by atoms with E-state index < -0.39 is 0 Å². The zero-order chi connectivity index (χ0) is 17.8. The van der Waals surface area contributed by atoms with E-state index in [2.05, 4.69) is 20.8 Å². The van der Waals surface area contributed by atoms with Gasteiger partial charge in [-0.2, -0.15) is 0 Å². The number of carbonyl (C=O) groups excluding carboxylic acids is 2. The number of hydrogen-bond donors (Lipinski definition) is 2. The van der Waals surface area contributed by atoms with Crippen molar-refractivity contribution in [3.05, 3.63) is 60.0 Å². The van der Waals surface area contributed by atoms with E-state index in [1.54, 1.807) is 55.5 Å². The molecule has 0 spiro atoms. The molecular formula is C18H16N4O3. The minimum atomic E-state index is -0.236. The molecule has 7 heteroatoms. The highest BCUT2D eigenvalue weighted by Crippen LogP contribution is 2.19. The van der Waals surface area contributed by atoms with Crippen LogP contribution < -0.4 is 10.6 Å². The average molecular weight is 336 g/mol. The second kappa shape index (κ2) is 6.96. The van der Waals surface area contributed by atoms with Gasteiger partial charge in [0.2, 0.25) is 17.7 Å². The highest BCUT2D eigenvalue weighted by molar-refractivity contribution is 6.04. The van der Waals surface area contributed by atoms with Crippen molar-refractivity contribution in [2.45, 2.75) is 13.8 Å². The Labute approximate surface area is 144 Å². The van der Waals surface area contributed by atoms with E-state index in [-0.39, 0.29) is 11.8 Å². The van der Waals surface area contributed by atoms with Crippen LogP contribution in [-0.2, 0) is 4.79 Å². The van der Waals surface area contributed by atoms with Gasteiger partial charge in [-0.15, -0.1) is 10.2 Å². The molecule has 0 aliphatic heterocycles. The first-order chi connectivity index (χ1) is 12.0. The number of aryl methyl sites for hydroxylation is 1. The van der Waals surface area contributed by atoms with E-state index in [1.807, 2.05) is 0 Å². The van der Waals surface area contributed by atoms with Gasteiger partial charge in [0.1, 0.15) is 0 Å². The Hall–Kier alpha value is -3.48. The maximum atomic E-state index is 12.3. The summed E-state index contributed by atoms with van der Waals surface area (Å²) >= 11 is 0. The Kier molecular flexibility index (Phi) is 4.56. The maximum absolute atomic E-state index is 12.3. The van der Waals surface area contributed by atoms with Gasteiger partial charge in [0.15, 0.2) is 0 Å². The Morgan fingerprint density at radius 2 is 1.48 bits per heavy atom. The van der Waals surface area contributed by atoms with Gasteiger partial charge in [0.25, 0.3) is 5.91 Å². The fourth-order valence-electron chi connectivity index (χ4n) is 2.22. The number of aromatic nitrogens is 2. The summed E-state index contributed by atoms with van der Waals surface area (Å²) in [7, 11) is 0. The standard InChI is InChI=1S/C18H16N4O3/c1-11(23)19-15-7-9-16(10-8-15)20-17(24)13-3-5-14(6-4-13)18-22-21-12(2)25-18/h3-10H,1-2H3,(H,19,23)(H,20,24). The molecule has 1 aromatic heterocycles. The van der Waals surface area contributed by atoms with Crippen LogP contribution in [0, 0.1) is 6.92 Å². The van der Waals surface area contributed by atoms with E-state index in [0.717, 1.165) is 5.56 Å². The molecule has 0 aliphatic carbocycles. The van der Waals surface area contributed by atoms with E-state index in [0.29, 0.717) is 28.7 Å². The molecular weight excluding hydrogens is 320 g/mol. The fourth-order valence-corrected chi connectivity index (χ4v) is 2.22. The predicted molar refractivity (Wildman–Crippen MR) is 93.2 cm³/mol. The zero-order valence-corrected chi connectivity index (χ0v) is 13.7. The Balaban J connectivity index is 1.67. The topological polar surface area (TPSA) is 97.1 Å². The normalized spacial score (nSPS) is 10.3. The van der Waals surface area contributed by atoms with Crippen LogP contribution in [0.25, 0.3) is 11.5 Å². The first-order valence-electron chi connectivity index (χ1n) is 7.61. The highest BCUT2D eigenvalue weighted by Gasteiger charge is 2.09. The molecule has 2 aromatic carbocycles. The molecule has 0 aliphatic rings. The summed E-state index contributed by atoms with van der Waals surface area (Å²) in [6, 6.07) is 13.8. The van der Waals surface area contributed by atoms with Gasteiger partial charge >= 0.3 is 0 Å². The molecule has 1 heterocycles. The molecule has 0 saturated heterocycles. The number of carbonyl (C=O) groups is 2. The molecule has 2 N–H and O–H groups in total. The summed E-state index contributed by atoms with van der Waals surface area (Å²) in [6.07, 6.45) is 0. The smallest absolute Gasteiger partial charge is 0.255 e. The third kappa shape index (κ3) is 4.08. The van der Waals surface area contributed by atoms with Gasteiger partial charge in [0.05, 0.1) is 0 Å². The van der Waals surface area contributed by atoms with Crippen molar-refractivity contribution in [1.82, 2.24) is 10.2 Å². The monoisotopic (exact) mass is 336 g/mol. The van der Waals surface area contributed by atoms with Crippen molar-refractivity contribution in [2.24, 2.45) is 0 Å². The molecule has 0 fully saturated rings. The van der Waals surface area contributed by atoms with Crippen LogP contribution >= 0.6 is 0 Å². The minimum absolute atomic E-state index is 0.145. The van der Waals surface area contributed by atoms with Crippen LogP contribution in [-0.4, -0.2) is 22.0 Å². The van der Waals surface area contributed by atoms with Gasteiger partial charge in [-0.1, -0.05) is 0 Å². The lowest BCUT2D eigenvalue weighted by Crippen LogP contribution is -2.12. The second-order valence-electron chi connectivity index (χ2n) is 5.42. The maximum Gasteiger partial charge on any atom is 0.255 e. The summed E-state index contributed by atoms with van der Waals surface area (Å²) in [4.78, 5) is 23.3. The Bertz CT molecular complexity index is 899. The van der Waals surface area contributed by atoms with Crippen LogP contribution in [0.3, 0.4) is 0 Å².